The van der Waals surface area contributed by atoms with Crippen LogP contribution >= 0.6 is 0 Å². The zero-order valence-electron chi connectivity index (χ0n) is 13.1. The van der Waals surface area contributed by atoms with Crippen molar-refractivity contribution in [3.8, 4) is 0 Å². The van der Waals surface area contributed by atoms with Crippen LogP contribution in [0.4, 0.5) is 0 Å². The number of carbonyl (C=O) groups is 1. The molecule has 0 aliphatic carbocycles. The molecule has 0 fully saturated rings. The van der Waals surface area contributed by atoms with Crippen molar-refractivity contribution in [2.75, 3.05) is 0 Å². The summed E-state index contributed by atoms with van der Waals surface area (Å²) in [6.45, 7) is 8.26. The van der Waals surface area contributed by atoms with E-state index in [1.807, 2.05) is 18.2 Å². The van der Waals surface area contributed by atoms with Crippen LogP contribution < -0.4 is 11.1 Å². The van der Waals surface area contributed by atoms with Crippen LogP contribution in [-0.2, 0) is 11.2 Å². The molecule has 0 saturated heterocycles. The number of carbonyl (C=O) groups excluding carboxylic acids is 1. The molecule has 1 rings (SSSR count). The first kappa shape index (κ1) is 16.7. The zero-order chi connectivity index (χ0) is 15.2. The second-order valence-corrected chi connectivity index (χ2v) is 6.59. The Morgan fingerprint density at radius 1 is 1.25 bits per heavy atom. The summed E-state index contributed by atoms with van der Waals surface area (Å²) in [5.74, 6) is 0.389. The fourth-order valence-corrected chi connectivity index (χ4v) is 2.21. The molecule has 0 aliphatic heterocycles. The quantitative estimate of drug-likeness (QED) is 0.804. The Labute approximate surface area is 122 Å². The van der Waals surface area contributed by atoms with E-state index in [2.05, 4.69) is 45.1 Å². The number of rotatable bonds is 7. The minimum absolute atomic E-state index is 0.0447. The van der Waals surface area contributed by atoms with Gasteiger partial charge in [-0.05, 0) is 44.6 Å². The molecule has 0 bridgehead atoms. The van der Waals surface area contributed by atoms with E-state index >= 15 is 0 Å². The lowest BCUT2D eigenvalue weighted by molar-refractivity contribution is -0.124. The van der Waals surface area contributed by atoms with E-state index in [1.165, 1.54) is 5.56 Å². The van der Waals surface area contributed by atoms with Crippen molar-refractivity contribution < 1.29 is 4.79 Å². The van der Waals surface area contributed by atoms with Crippen LogP contribution in [0, 0.1) is 5.92 Å². The summed E-state index contributed by atoms with van der Waals surface area (Å²) in [5, 5.41) is 3.07. The predicted octanol–water partition coefficient (Wildman–Crippen LogP) is 2.89. The lowest BCUT2D eigenvalue weighted by atomic mass is 9.94. The standard InChI is InChI=1S/C17H28N2O/c1-13(2)12-15(18)16(20)19-17(3,4)11-10-14-8-6-5-7-9-14/h5-9,13,15H,10-12,18H2,1-4H3,(H,19,20)/t15-/m1/s1. The number of hydrogen-bond donors (Lipinski definition) is 2. The maximum atomic E-state index is 12.1. The first-order valence-electron chi connectivity index (χ1n) is 7.42. The van der Waals surface area contributed by atoms with Gasteiger partial charge in [-0.25, -0.2) is 0 Å². The molecule has 0 unspecified atom stereocenters. The van der Waals surface area contributed by atoms with Gasteiger partial charge in [0.05, 0.1) is 6.04 Å². The highest BCUT2D eigenvalue weighted by atomic mass is 16.2. The second-order valence-electron chi connectivity index (χ2n) is 6.59. The summed E-state index contributed by atoms with van der Waals surface area (Å²) in [5.41, 5.74) is 6.98. The summed E-state index contributed by atoms with van der Waals surface area (Å²) in [6, 6.07) is 9.91. The SMILES string of the molecule is CC(C)C[C@@H](N)C(=O)NC(C)(C)CCc1ccccc1. The maximum Gasteiger partial charge on any atom is 0.237 e. The van der Waals surface area contributed by atoms with Crippen molar-refractivity contribution in [1.29, 1.82) is 0 Å². The molecule has 1 amide bonds. The van der Waals surface area contributed by atoms with Gasteiger partial charge < -0.3 is 11.1 Å². The third-order valence-corrected chi connectivity index (χ3v) is 3.41. The van der Waals surface area contributed by atoms with Gasteiger partial charge >= 0.3 is 0 Å². The summed E-state index contributed by atoms with van der Waals surface area (Å²) in [6.07, 6.45) is 2.57. The van der Waals surface area contributed by atoms with E-state index in [0.29, 0.717) is 5.92 Å². The van der Waals surface area contributed by atoms with Crippen molar-refractivity contribution in [3.05, 3.63) is 35.9 Å². The molecule has 0 aromatic heterocycles. The average molecular weight is 276 g/mol. The lowest BCUT2D eigenvalue weighted by Gasteiger charge is -2.28. The Morgan fingerprint density at radius 2 is 1.85 bits per heavy atom. The smallest absolute Gasteiger partial charge is 0.237 e. The number of aryl methyl sites for hydroxylation is 1. The molecule has 3 heteroatoms. The van der Waals surface area contributed by atoms with Crippen LogP contribution in [0.3, 0.4) is 0 Å². The average Bonchev–Trinajstić information content (AvgIpc) is 2.36. The van der Waals surface area contributed by atoms with E-state index < -0.39 is 6.04 Å². The highest BCUT2D eigenvalue weighted by Crippen LogP contribution is 2.14. The largest absolute Gasteiger partial charge is 0.350 e. The van der Waals surface area contributed by atoms with Gasteiger partial charge in [0.2, 0.25) is 5.91 Å². The van der Waals surface area contributed by atoms with E-state index in [1.54, 1.807) is 0 Å². The Balaban J connectivity index is 2.46. The molecule has 0 aliphatic rings. The van der Waals surface area contributed by atoms with Crippen LogP contribution in [0.1, 0.15) is 46.1 Å². The van der Waals surface area contributed by atoms with Crippen LogP contribution in [0.25, 0.3) is 0 Å². The molecule has 1 aromatic carbocycles. The van der Waals surface area contributed by atoms with Crippen molar-refractivity contribution in [3.63, 3.8) is 0 Å². The molecule has 20 heavy (non-hydrogen) atoms. The van der Waals surface area contributed by atoms with E-state index in [0.717, 1.165) is 19.3 Å². The molecule has 1 atom stereocenters. The molecule has 112 valence electrons. The predicted molar refractivity (Wildman–Crippen MR) is 84.4 cm³/mol. The molecule has 1 aromatic rings. The fraction of sp³-hybridized carbons (Fsp3) is 0.588. The molecular formula is C17H28N2O. The maximum absolute atomic E-state index is 12.1. The van der Waals surface area contributed by atoms with Crippen molar-refractivity contribution in [2.45, 2.75) is 58.5 Å². The summed E-state index contributed by atoms with van der Waals surface area (Å²) in [4.78, 5) is 12.1. The number of hydrogen-bond acceptors (Lipinski definition) is 2. The molecule has 0 heterocycles. The van der Waals surface area contributed by atoms with Crippen LogP contribution in [-0.4, -0.2) is 17.5 Å². The molecule has 3 N–H and O–H groups in total. The van der Waals surface area contributed by atoms with Gasteiger partial charge in [0.1, 0.15) is 0 Å². The highest BCUT2D eigenvalue weighted by molar-refractivity contribution is 5.82. The van der Waals surface area contributed by atoms with Crippen molar-refractivity contribution in [2.24, 2.45) is 11.7 Å². The molecule has 0 saturated carbocycles. The van der Waals surface area contributed by atoms with Gasteiger partial charge in [-0.1, -0.05) is 44.2 Å². The Kier molecular flexibility index (Phi) is 6.21. The fourth-order valence-electron chi connectivity index (χ4n) is 2.21. The first-order valence-corrected chi connectivity index (χ1v) is 7.42. The number of benzene rings is 1. The summed E-state index contributed by atoms with van der Waals surface area (Å²) < 4.78 is 0. The third kappa shape index (κ3) is 6.20. The molecular weight excluding hydrogens is 248 g/mol. The topological polar surface area (TPSA) is 55.1 Å². The summed E-state index contributed by atoms with van der Waals surface area (Å²) in [7, 11) is 0. The highest BCUT2D eigenvalue weighted by Gasteiger charge is 2.24. The van der Waals surface area contributed by atoms with Gasteiger partial charge in [-0.15, -0.1) is 0 Å². The molecule has 0 spiro atoms. The second kappa shape index (κ2) is 7.44. The normalized spacial score (nSPS) is 13.3. The van der Waals surface area contributed by atoms with Gasteiger partial charge in [-0.3, -0.25) is 4.79 Å². The molecule has 0 radical (unpaired) electrons. The minimum Gasteiger partial charge on any atom is -0.350 e. The molecule has 3 nitrogen and oxygen atoms in total. The minimum atomic E-state index is -0.411. The Bertz CT molecular complexity index is 412. The van der Waals surface area contributed by atoms with E-state index in [-0.39, 0.29) is 11.4 Å². The van der Waals surface area contributed by atoms with Gasteiger partial charge in [-0.2, -0.15) is 0 Å². The van der Waals surface area contributed by atoms with E-state index in [9.17, 15) is 4.79 Å². The van der Waals surface area contributed by atoms with Crippen LogP contribution in [0.5, 0.6) is 0 Å². The van der Waals surface area contributed by atoms with Crippen molar-refractivity contribution in [1.82, 2.24) is 5.32 Å². The van der Waals surface area contributed by atoms with Crippen LogP contribution in [0.2, 0.25) is 0 Å². The van der Waals surface area contributed by atoms with E-state index in [4.69, 9.17) is 5.73 Å². The Morgan fingerprint density at radius 3 is 2.40 bits per heavy atom. The first-order chi connectivity index (χ1) is 9.30. The third-order valence-electron chi connectivity index (χ3n) is 3.41. The Hall–Kier alpha value is -1.35. The zero-order valence-corrected chi connectivity index (χ0v) is 13.1. The van der Waals surface area contributed by atoms with Gasteiger partial charge in [0, 0.05) is 5.54 Å². The van der Waals surface area contributed by atoms with Crippen LogP contribution in [0.15, 0.2) is 30.3 Å². The monoisotopic (exact) mass is 276 g/mol. The number of amides is 1. The van der Waals surface area contributed by atoms with Gasteiger partial charge in [0.15, 0.2) is 0 Å². The lowest BCUT2D eigenvalue weighted by Crippen LogP contribution is -2.51. The number of nitrogens with one attached hydrogen (secondary N) is 1. The van der Waals surface area contributed by atoms with Gasteiger partial charge in [0.25, 0.3) is 0 Å². The number of nitrogens with two attached hydrogens (primary N) is 1. The van der Waals surface area contributed by atoms with Crippen molar-refractivity contribution >= 4 is 5.91 Å². The summed E-state index contributed by atoms with van der Waals surface area (Å²) >= 11 is 0.